The number of carbonyl (C=O) groups excluding carboxylic acids is 1. The molecule has 1 amide bonds. The number of amides is 1. The van der Waals surface area contributed by atoms with Crippen molar-refractivity contribution in [1.29, 1.82) is 0 Å². The molecule has 0 radical (unpaired) electrons. The number of nitrogens with one attached hydrogen (secondary N) is 1. The Hall–Kier alpha value is -3.28. The minimum absolute atomic E-state index is 0.0592. The fourth-order valence-electron chi connectivity index (χ4n) is 4.61. The number of nitrogens with zero attached hydrogens (tertiary/aromatic N) is 4. The van der Waals surface area contributed by atoms with Crippen LogP contribution in [0.3, 0.4) is 0 Å². The average Bonchev–Trinajstić information content (AvgIpc) is 3.36. The summed E-state index contributed by atoms with van der Waals surface area (Å²) in [5.74, 6) is 2.05. The van der Waals surface area contributed by atoms with Crippen LogP contribution in [0.4, 0.5) is 5.82 Å². The molecule has 29 heavy (non-hydrogen) atoms. The summed E-state index contributed by atoms with van der Waals surface area (Å²) in [6.07, 6.45) is 7.40. The van der Waals surface area contributed by atoms with Crippen molar-refractivity contribution >= 4 is 11.7 Å². The zero-order valence-corrected chi connectivity index (χ0v) is 16.3. The number of anilines is 1. The second-order valence-corrected chi connectivity index (χ2v) is 7.95. The van der Waals surface area contributed by atoms with Crippen molar-refractivity contribution < 1.29 is 4.79 Å². The number of benzene rings is 1. The van der Waals surface area contributed by atoms with Crippen LogP contribution in [0.1, 0.15) is 28.8 Å². The van der Waals surface area contributed by atoms with Crippen LogP contribution in [0.15, 0.2) is 61.1 Å². The lowest BCUT2D eigenvalue weighted by atomic mass is 10.0. The van der Waals surface area contributed by atoms with Gasteiger partial charge in [-0.25, -0.2) is 15.0 Å². The molecule has 1 aliphatic heterocycles. The predicted molar refractivity (Wildman–Crippen MR) is 111 cm³/mol. The molecule has 2 fully saturated rings. The Kier molecular flexibility index (Phi) is 4.46. The van der Waals surface area contributed by atoms with Crippen LogP contribution in [-0.2, 0) is 0 Å². The second-order valence-electron chi connectivity index (χ2n) is 7.95. The zero-order valence-electron chi connectivity index (χ0n) is 16.3. The van der Waals surface area contributed by atoms with Crippen LogP contribution in [-0.4, -0.2) is 44.4 Å². The molecule has 146 valence electrons. The molecule has 1 saturated carbocycles. The maximum absolute atomic E-state index is 13.5. The highest BCUT2D eigenvalue weighted by atomic mass is 16.2. The number of hydrogen-bond acceptors (Lipinski definition) is 5. The van der Waals surface area contributed by atoms with Crippen LogP contribution in [0, 0.1) is 12.8 Å². The van der Waals surface area contributed by atoms with Gasteiger partial charge < -0.3 is 10.2 Å². The van der Waals surface area contributed by atoms with Crippen LogP contribution in [0.2, 0.25) is 0 Å². The topological polar surface area (TPSA) is 71.0 Å². The first-order valence-corrected chi connectivity index (χ1v) is 10.1. The molecule has 6 heteroatoms. The van der Waals surface area contributed by atoms with E-state index in [0.717, 1.165) is 36.3 Å². The Morgan fingerprint density at radius 2 is 1.86 bits per heavy atom. The molecule has 1 aromatic carbocycles. The molecule has 3 atom stereocenters. The largest absolute Gasteiger partial charge is 0.365 e. The lowest BCUT2D eigenvalue weighted by Crippen LogP contribution is -2.47. The summed E-state index contributed by atoms with van der Waals surface area (Å²) >= 11 is 0. The van der Waals surface area contributed by atoms with Gasteiger partial charge in [0.25, 0.3) is 5.91 Å². The number of hydrogen-bond donors (Lipinski definition) is 1. The van der Waals surface area contributed by atoms with Crippen LogP contribution < -0.4 is 5.32 Å². The highest BCUT2D eigenvalue weighted by Gasteiger charge is 2.47. The van der Waals surface area contributed by atoms with Crippen molar-refractivity contribution in [2.45, 2.75) is 31.8 Å². The average molecular weight is 385 g/mol. The van der Waals surface area contributed by atoms with Gasteiger partial charge in [-0.3, -0.25) is 4.79 Å². The molecule has 1 saturated heterocycles. The minimum Gasteiger partial charge on any atom is -0.365 e. The number of rotatable bonds is 4. The van der Waals surface area contributed by atoms with E-state index in [1.54, 1.807) is 18.5 Å². The van der Waals surface area contributed by atoms with Gasteiger partial charge in [0.15, 0.2) is 5.82 Å². The first kappa shape index (κ1) is 17.8. The fraction of sp³-hybridized carbons (Fsp3) is 0.304. The Balaban J connectivity index is 1.39. The monoisotopic (exact) mass is 385 g/mol. The molecular formula is C23H23N5O. The van der Waals surface area contributed by atoms with Gasteiger partial charge in [-0.05, 0) is 49.4 Å². The van der Waals surface area contributed by atoms with Gasteiger partial charge in [0.2, 0.25) is 0 Å². The summed E-state index contributed by atoms with van der Waals surface area (Å²) < 4.78 is 0. The molecule has 2 bridgehead atoms. The lowest BCUT2D eigenvalue weighted by Gasteiger charge is -2.34. The Bertz CT molecular complexity index is 1020. The molecule has 6 nitrogen and oxygen atoms in total. The maximum atomic E-state index is 13.5. The minimum atomic E-state index is 0.0592. The van der Waals surface area contributed by atoms with E-state index >= 15 is 0 Å². The number of aromatic nitrogens is 3. The highest BCUT2D eigenvalue weighted by Crippen LogP contribution is 2.40. The third-order valence-electron chi connectivity index (χ3n) is 5.95. The highest BCUT2D eigenvalue weighted by molar-refractivity contribution is 6.00. The number of carbonyl (C=O) groups is 1. The SMILES string of the molecule is Cc1ccc(NC2CC3CC2N(C(=O)c2ccccc2-c2ncccn2)C3)nc1. The number of piperidine rings is 1. The lowest BCUT2D eigenvalue weighted by molar-refractivity contribution is 0.0693. The molecule has 3 unspecified atom stereocenters. The quantitative estimate of drug-likeness (QED) is 0.744. The van der Waals surface area contributed by atoms with Gasteiger partial charge in [-0.15, -0.1) is 0 Å². The van der Waals surface area contributed by atoms with E-state index in [-0.39, 0.29) is 18.0 Å². The molecule has 1 N–H and O–H groups in total. The van der Waals surface area contributed by atoms with Crippen LogP contribution in [0.5, 0.6) is 0 Å². The Morgan fingerprint density at radius 3 is 2.62 bits per heavy atom. The molecular weight excluding hydrogens is 362 g/mol. The zero-order chi connectivity index (χ0) is 19.8. The third kappa shape index (κ3) is 3.35. The standard InChI is InChI=1S/C23H23N5O/c1-15-7-8-21(26-13-15)27-19-11-16-12-20(19)28(14-16)23(29)18-6-3-2-5-17(18)22-24-9-4-10-25-22/h2-10,13,16,19-20H,11-12,14H2,1H3,(H,26,27). The summed E-state index contributed by atoms with van der Waals surface area (Å²) in [7, 11) is 0. The van der Waals surface area contributed by atoms with E-state index in [1.807, 2.05) is 48.4 Å². The normalized spacial score (nSPS) is 22.7. The molecule has 2 aliphatic rings. The van der Waals surface area contributed by atoms with E-state index in [4.69, 9.17) is 0 Å². The van der Waals surface area contributed by atoms with Crippen molar-refractivity contribution in [2.75, 3.05) is 11.9 Å². The molecule has 1 aliphatic carbocycles. The smallest absolute Gasteiger partial charge is 0.254 e. The van der Waals surface area contributed by atoms with E-state index in [2.05, 4.69) is 26.3 Å². The molecule has 0 spiro atoms. The summed E-state index contributed by atoms with van der Waals surface area (Å²) in [6.45, 7) is 2.84. The number of pyridine rings is 1. The van der Waals surface area contributed by atoms with Crippen molar-refractivity contribution in [2.24, 2.45) is 5.92 Å². The molecule has 3 heterocycles. The second kappa shape index (κ2) is 7.28. The van der Waals surface area contributed by atoms with Gasteiger partial charge in [-0.1, -0.05) is 24.3 Å². The summed E-state index contributed by atoms with van der Waals surface area (Å²) in [6, 6.07) is 13.9. The van der Waals surface area contributed by atoms with E-state index < -0.39 is 0 Å². The van der Waals surface area contributed by atoms with Gasteiger partial charge in [0.05, 0.1) is 11.6 Å². The molecule has 3 aromatic rings. The van der Waals surface area contributed by atoms with Gasteiger partial charge in [-0.2, -0.15) is 0 Å². The van der Waals surface area contributed by atoms with Gasteiger partial charge >= 0.3 is 0 Å². The summed E-state index contributed by atoms with van der Waals surface area (Å²) in [5.41, 5.74) is 2.59. The van der Waals surface area contributed by atoms with Crippen molar-refractivity contribution in [3.63, 3.8) is 0 Å². The predicted octanol–water partition coefficient (Wildman–Crippen LogP) is 3.56. The number of fused-ring (bicyclic) bond motifs is 2. The molecule has 2 aromatic heterocycles. The Morgan fingerprint density at radius 1 is 1.03 bits per heavy atom. The van der Waals surface area contributed by atoms with E-state index in [9.17, 15) is 4.79 Å². The Labute approximate surface area is 170 Å². The van der Waals surface area contributed by atoms with Crippen molar-refractivity contribution in [3.05, 3.63) is 72.2 Å². The van der Waals surface area contributed by atoms with E-state index in [0.29, 0.717) is 17.3 Å². The summed E-state index contributed by atoms with van der Waals surface area (Å²) in [4.78, 5) is 28.7. The number of aryl methyl sites for hydroxylation is 1. The van der Waals surface area contributed by atoms with Crippen molar-refractivity contribution in [3.8, 4) is 11.4 Å². The van der Waals surface area contributed by atoms with Crippen molar-refractivity contribution in [1.82, 2.24) is 19.9 Å². The maximum Gasteiger partial charge on any atom is 0.254 e. The van der Waals surface area contributed by atoms with Gasteiger partial charge in [0.1, 0.15) is 5.82 Å². The van der Waals surface area contributed by atoms with Crippen LogP contribution >= 0.6 is 0 Å². The van der Waals surface area contributed by atoms with Crippen LogP contribution in [0.25, 0.3) is 11.4 Å². The first-order chi connectivity index (χ1) is 14.2. The van der Waals surface area contributed by atoms with E-state index in [1.165, 1.54) is 0 Å². The third-order valence-corrected chi connectivity index (χ3v) is 5.95. The summed E-state index contributed by atoms with van der Waals surface area (Å²) in [5, 5.41) is 3.55. The van der Waals surface area contributed by atoms with Gasteiger partial charge in [0, 0.05) is 36.7 Å². The fourth-order valence-corrected chi connectivity index (χ4v) is 4.61. The first-order valence-electron chi connectivity index (χ1n) is 10.1. The molecule has 5 rings (SSSR count). The number of likely N-dealkylation sites (tertiary alicyclic amines) is 1.